The van der Waals surface area contributed by atoms with E-state index in [0.29, 0.717) is 6.61 Å². The minimum atomic E-state index is -0.233. The van der Waals surface area contributed by atoms with Crippen LogP contribution < -0.4 is 0 Å². The highest BCUT2D eigenvalue weighted by molar-refractivity contribution is 5.02. The van der Waals surface area contributed by atoms with E-state index in [0.717, 1.165) is 18.8 Å². The summed E-state index contributed by atoms with van der Waals surface area (Å²) in [5, 5.41) is 0. The van der Waals surface area contributed by atoms with Crippen LogP contribution in [-0.4, -0.2) is 12.2 Å². The van der Waals surface area contributed by atoms with Crippen molar-refractivity contribution in [2.45, 2.75) is 52.6 Å². The van der Waals surface area contributed by atoms with Crippen LogP contribution in [0.25, 0.3) is 0 Å². The van der Waals surface area contributed by atoms with Crippen molar-refractivity contribution in [2.24, 2.45) is 5.92 Å². The van der Waals surface area contributed by atoms with Crippen molar-refractivity contribution in [1.82, 2.24) is 0 Å². The normalized spacial score (nSPS) is 15.7. The lowest BCUT2D eigenvalue weighted by Gasteiger charge is -2.25. The van der Waals surface area contributed by atoms with Crippen LogP contribution in [0.1, 0.15) is 47.0 Å². The molecular formula is C16H28O. The Morgan fingerprint density at radius 3 is 2.47 bits per heavy atom. The molecule has 0 spiro atoms. The first-order valence-electron chi connectivity index (χ1n) is 6.47. The summed E-state index contributed by atoms with van der Waals surface area (Å²) in [6, 6.07) is 0. The summed E-state index contributed by atoms with van der Waals surface area (Å²) in [6.07, 6.45) is 9.18. The fraction of sp³-hybridized carbons (Fsp3) is 0.625. The van der Waals surface area contributed by atoms with E-state index in [2.05, 4.69) is 46.9 Å². The molecule has 0 aromatic heterocycles. The molecule has 0 aliphatic carbocycles. The second-order valence-electron chi connectivity index (χ2n) is 5.30. The van der Waals surface area contributed by atoms with Gasteiger partial charge in [0.15, 0.2) is 0 Å². The van der Waals surface area contributed by atoms with Crippen LogP contribution in [0.3, 0.4) is 0 Å². The Morgan fingerprint density at radius 1 is 1.35 bits per heavy atom. The third kappa shape index (κ3) is 7.98. The van der Waals surface area contributed by atoms with Crippen molar-refractivity contribution >= 4 is 0 Å². The van der Waals surface area contributed by atoms with Gasteiger partial charge in [0, 0.05) is 0 Å². The lowest BCUT2D eigenvalue weighted by molar-refractivity contribution is 0.0181. The van der Waals surface area contributed by atoms with E-state index in [1.807, 2.05) is 6.08 Å². The lowest BCUT2D eigenvalue weighted by atomic mass is 9.97. The summed E-state index contributed by atoms with van der Waals surface area (Å²) < 4.78 is 5.73. The topological polar surface area (TPSA) is 9.23 Å². The third-order valence-corrected chi connectivity index (χ3v) is 2.83. The van der Waals surface area contributed by atoms with E-state index in [-0.39, 0.29) is 5.60 Å². The molecule has 1 heteroatoms. The Balaban J connectivity index is 4.14. The van der Waals surface area contributed by atoms with Gasteiger partial charge in [-0.15, -0.1) is 13.2 Å². The largest absolute Gasteiger partial charge is 0.367 e. The van der Waals surface area contributed by atoms with Crippen LogP contribution in [-0.2, 0) is 4.74 Å². The molecule has 98 valence electrons. The molecule has 17 heavy (non-hydrogen) atoms. The Kier molecular flexibility index (Phi) is 7.90. The Morgan fingerprint density at radius 2 is 2.00 bits per heavy atom. The maximum absolute atomic E-state index is 5.73. The molecule has 1 atom stereocenters. The summed E-state index contributed by atoms with van der Waals surface area (Å²) in [7, 11) is 0. The van der Waals surface area contributed by atoms with Gasteiger partial charge in [-0.1, -0.05) is 37.6 Å². The minimum Gasteiger partial charge on any atom is -0.367 e. The van der Waals surface area contributed by atoms with E-state index in [9.17, 15) is 0 Å². The molecule has 0 radical (unpaired) electrons. The van der Waals surface area contributed by atoms with Crippen LogP contribution in [0.5, 0.6) is 0 Å². The van der Waals surface area contributed by atoms with Crippen molar-refractivity contribution in [3.05, 3.63) is 37.0 Å². The lowest BCUT2D eigenvalue weighted by Crippen LogP contribution is -2.25. The molecule has 0 fully saturated rings. The molecule has 0 saturated carbocycles. The molecule has 0 bridgehead atoms. The van der Waals surface area contributed by atoms with Crippen molar-refractivity contribution in [1.29, 1.82) is 0 Å². The van der Waals surface area contributed by atoms with Crippen LogP contribution in [0, 0.1) is 5.92 Å². The van der Waals surface area contributed by atoms with Crippen LogP contribution in [0.2, 0.25) is 0 Å². The van der Waals surface area contributed by atoms with Crippen molar-refractivity contribution in [3.8, 4) is 0 Å². The highest BCUT2D eigenvalue weighted by atomic mass is 16.5. The van der Waals surface area contributed by atoms with Gasteiger partial charge in [-0.25, -0.2) is 0 Å². The van der Waals surface area contributed by atoms with Crippen LogP contribution in [0.15, 0.2) is 37.0 Å². The predicted octanol–water partition coefficient (Wildman–Crippen LogP) is 4.91. The molecule has 0 aliphatic rings. The first kappa shape index (κ1) is 16.2. The first-order chi connectivity index (χ1) is 7.93. The van der Waals surface area contributed by atoms with E-state index in [1.165, 1.54) is 12.0 Å². The zero-order chi connectivity index (χ0) is 13.3. The molecule has 1 unspecified atom stereocenters. The molecule has 0 aromatic rings. The zero-order valence-corrected chi connectivity index (χ0v) is 12.0. The van der Waals surface area contributed by atoms with Crippen LogP contribution >= 0.6 is 0 Å². The smallest absolute Gasteiger partial charge is 0.0839 e. The molecule has 0 aromatic carbocycles. The molecule has 1 nitrogen and oxygen atoms in total. The number of allylic oxidation sites excluding steroid dienone is 2. The number of ether oxygens (including phenoxy) is 1. The third-order valence-electron chi connectivity index (χ3n) is 2.83. The SMILES string of the molecule is C=CCOC(C)(C=C)CC/C=C(\C)CC(C)C. The molecule has 0 aliphatic heterocycles. The van der Waals surface area contributed by atoms with Crippen molar-refractivity contribution in [2.75, 3.05) is 6.61 Å². The summed E-state index contributed by atoms with van der Waals surface area (Å²) in [4.78, 5) is 0. The molecular weight excluding hydrogens is 208 g/mol. The minimum absolute atomic E-state index is 0.233. The number of hydrogen-bond donors (Lipinski definition) is 0. The Hall–Kier alpha value is -0.820. The van der Waals surface area contributed by atoms with Gasteiger partial charge in [-0.05, 0) is 39.0 Å². The van der Waals surface area contributed by atoms with Gasteiger partial charge in [0.05, 0.1) is 12.2 Å². The fourth-order valence-electron chi connectivity index (χ4n) is 1.81. The maximum atomic E-state index is 5.73. The number of hydrogen-bond acceptors (Lipinski definition) is 1. The second kappa shape index (κ2) is 8.30. The van der Waals surface area contributed by atoms with E-state index < -0.39 is 0 Å². The predicted molar refractivity (Wildman–Crippen MR) is 77.2 cm³/mol. The van der Waals surface area contributed by atoms with E-state index in [4.69, 9.17) is 4.74 Å². The van der Waals surface area contributed by atoms with Crippen molar-refractivity contribution < 1.29 is 4.74 Å². The summed E-state index contributed by atoms with van der Waals surface area (Å²) in [6.45, 7) is 16.9. The molecule has 0 rings (SSSR count). The average Bonchev–Trinajstić information content (AvgIpc) is 2.25. The standard InChI is InChI=1S/C16H28O/c1-7-12-17-16(6,8-2)11-9-10-15(5)13-14(3)4/h7-8,10,14H,1-2,9,11-13H2,3-6H3/b15-10+. The van der Waals surface area contributed by atoms with Gasteiger partial charge < -0.3 is 4.74 Å². The molecule has 0 saturated heterocycles. The molecule has 0 heterocycles. The van der Waals surface area contributed by atoms with Crippen LogP contribution in [0.4, 0.5) is 0 Å². The Labute approximate surface area is 107 Å². The fourth-order valence-corrected chi connectivity index (χ4v) is 1.81. The van der Waals surface area contributed by atoms with Gasteiger partial charge in [0.1, 0.15) is 0 Å². The summed E-state index contributed by atoms with van der Waals surface area (Å²) in [5.41, 5.74) is 1.23. The number of rotatable bonds is 9. The molecule has 0 N–H and O–H groups in total. The highest BCUT2D eigenvalue weighted by Gasteiger charge is 2.18. The monoisotopic (exact) mass is 236 g/mol. The van der Waals surface area contributed by atoms with Gasteiger partial charge in [0.25, 0.3) is 0 Å². The summed E-state index contributed by atoms with van der Waals surface area (Å²) >= 11 is 0. The second-order valence-corrected chi connectivity index (χ2v) is 5.30. The highest BCUT2D eigenvalue weighted by Crippen LogP contribution is 2.20. The Bertz CT molecular complexity index is 263. The average molecular weight is 236 g/mol. The van der Waals surface area contributed by atoms with Crippen molar-refractivity contribution in [3.63, 3.8) is 0 Å². The quantitative estimate of drug-likeness (QED) is 0.517. The van der Waals surface area contributed by atoms with Gasteiger partial charge >= 0.3 is 0 Å². The van der Waals surface area contributed by atoms with Gasteiger partial charge in [-0.3, -0.25) is 0 Å². The zero-order valence-electron chi connectivity index (χ0n) is 12.0. The maximum Gasteiger partial charge on any atom is 0.0839 e. The molecule has 0 amide bonds. The van der Waals surface area contributed by atoms with E-state index >= 15 is 0 Å². The first-order valence-corrected chi connectivity index (χ1v) is 6.47. The van der Waals surface area contributed by atoms with Gasteiger partial charge in [0.2, 0.25) is 0 Å². The van der Waals surface area contributed by atoms with E-state index in [1.54, 1.807) is 6.08 Å². The van der Waals surface area contributed by atoms with Gasteiger partial charge in [-0.2, -0.15) is 0 Å². The summed E-state index contributed by atoms with van der Waals surface area (Å²) in [5.74, 6) is 0.731.